The van der Waals surface area contributed by atoms with Crippen LogP contribution in [0.2, 0.25) is 0 Å². The highest BCUT2D eigenvalue weighted by Gasteiger charge is 2.11. The quantitative estimate of drug-likeness (QED) is 0.191. The van der Waals surface area contributed by atoms with Crippen molar-refractivity contribution in [1.29, 1.82) is 0 Å². The molecule has 170 valence electrons. The van der Waals surface area contributed by atoms with Crippen molar-refractivity contribution in [2.45, 2.75) is 11.3 Å². The number of hydrogen-bond donors (Lipinski definition) is 0. The molecule has 0 atom stereocenters. The number of rotatable bonds is 10. The zero-order valence-corrected chi connectivity index (χ0v) is 19.2. The van der Waals surface area contributed by atoms with Gasteiger partial charge < -0.3 is 18.9 Å². The van der Waals surface area contributed by atoms with Gasteiger partial charge in [-0.25, -0.2) is 4.39 Å². The van der Waals surface area contributed by atoms with E-state index in [1.807, 2.05) is 42.5 Å². The first-order chi connectivity index (χ1) is 16.2. The number of hydrogen-bond acceptors (Lipinski definition) is 6. The van der Waals surface area contributed by atoms with Crippen molar-refractivity contribution in [3.8, 4) is 28.7 Å². The SMILES string of the molecule is COc1cc2nccc(Oc3ccc(SCCCOc4ccccc4F)cc3)c2cc1OC. The first kappa shape index (κ1) is 22.7. The maximum absolute atomic E-state index is 13.6. The van der Waals surface area contributed by atoms with E-state index in [0.29, 0.717) is 29.6 Å². The van der Waals surface area contributed by atoms with Gasteiger partial charge >= 0.3 is 0 Å². The summed E-state index contributed by atoms with van der Waals surface area (Å²) in [5.74, 6) is 3.48. The Morgan fingerprint density at radius 2 is 1.61 bits per heavy atom. The van der Waals surface area contributed by atoms with Gasteiger partial charge in [-0.15, -0.1) is 11.8 Å². The largest absolute Gasteiger partial charge is 0.493 e. The number of thioether (sulfide) groups is 1. The first-order valence-corrected chi connectivity index (χ1v) is 11.5. The number of nitrogens with zero attached hydrogens (tertiary/aromatic N) is 1. The van der Waals surface area contributed by atoms with Gasteiger partial charge in [0, 0.05) is 28.3 Å². The van der Waals surface area contributed by atoms with E-state index in [4.69, 9.17) is 18.9 Å². The zero-order valence-electron chi connectivity index (χ0n) is 18.4. The second kappa shape index (κ2) is 10.9. The van der Waals surface area contributed by atoms with Gasteiger partial charge in [-0.3, -0.25) is 4.98 Å². The Labute approximate surface area is 196 Å². The predicted octanol–water partition coefficient (Wildman–Crippen LogP) is 6.74. The molecule has 0 saturated carbocycles. The molecule has 1 heterocycles. The summed E-state index contributed by atoms with van der Waals surface area (Å²) in [7, 11) is 3.20. The second-order valence-corrected chi connectivity index (χ2v) is 8.26. The molecule has 1 aromatic heterocycles. The fourth-order valence-electron chi connectivity index (χ4n) is 3.26. The summed E-state index contributed by atoms with van der Waals surface area (Å²) in [5.41, 5.74) is 0.759. The lowest BCUT2D eigenvalue weighted by Crippen LogP contribution is -2.00. The van der Waals surface area contributed by atoms with Crippen molar-refractivity contribution >= 4 is 22.7 Å². The van der Waals surface area contributed by atoms with E-state index in [0.717, 1.165) is 33.7 Å². The number of fused-ring (bicyclic) bond motifs is 1. The van der Waals surface area contributed by atoms with Gasteiger partial charge in [-0.1, -0.05) is 12.1 Å². The average Bonchev–Trinajstić information content (AvgIpc) is 2.85. The molecule has 7 heteroatoms. The third-order valence-electron chi connectivity index (χ3n) is 4.91. The van der Waals surface area contributed by atoms with Crippen molar-refractivity contribution < 1.29 is 23.3 Å². The van der Waals surface area contributed by atoms with Gasteiger partial charge in [0.05, 0.1) is 26.3 Å². The minimum absolute atomic E-state index is 0.295. The van der Waals surface area contributed by atoms with Crippen LogP contribution in [0.5, 0.6) is 28.7 Å². The summed E-state index contributed by atoms with van der Waals surface area (Å²) >= 11 is 1.72. The Morgan fingerprint density at radius 3 is 2.36 bits per heavy atom. The molecule has 3 aromatic carbocycles. The lowest BCUT2D eigenvalue weighted by molar-refractivity contribution is 0.302. The number of pyridine rings is 1. The molecular weight excluding hydrogens is 441 g/mol. The van der Waals surface area contributed by atoms with Gasteiger partial charge in [-0.05, 0) is 55.0 Å². The molecule has 0 N–H and O–H groups in total. The fourth-order valence-corrected chi connectivity index (χ4v) is 4.09. The maximum Gasteiger partial charge on any atom is 0.165 e. The highest BCUT2D eigenvalue weighted by atomic mass is 32.2. The summed E-state index contributed by atoms with van der Waals surface area (Å²) in [4.78, 5) is 5.53. The van der Waals surface area contributed by atoms with Crippen LogP contribution in [-0.2, 0) is 0 Å². The van der Waals surface area contributed by atoms with E-state index in [2.05, 4.69) is 4.98 Å². The molecule has 0 bridgehead atoms. The molecule has 0 unspecified atom stereocenters. The Kier molecular flexibility index (Phi) is 7.52. The van der Waals surface area contributed by atoms with Crippen LogP contribution in [-0.4, -0.2) is 31.6 Å². The molecule has 4 aromatic rings. The van der Waals surface area contributed by atoms with Gasteiger partial charge in [0.25, 0.3) is 0 Å². The van der Waals surface area contributed by atoms with Gasteiger partial charge in [0.15, 0.2) is 23.1 Å². The van der Waals surface area contributed by atoms with E-state index in [9.17, 15) is 4.39 Å². The van der Waals surface area contributed by atoms with Gasteiger partial charge in [-0.2, -0.15) is 0 Å². The highest BCUT2D eigenvalue weighted by Crippen LogP contribution is 2.37. The van der Waals surface area contributed by atoms with E-state index in [1.54, 1.807) is 50.4 Å². The van der Waals surface area contributed by atoms with Crippen LogP contribution < -0.4 is 18.9 Å². The maximum atomic E-state index is 13.6. The number of benzene rings is 3. The number of para-hydroxylation sites is 1. The Morgan fingerprint density at radius 1 is 0.848 bits per heavy atom. The number of ether oxygens (including phenoxy) is 4. The van der Waals surface area contributed by atoms with E-state index < -0.39 is 0 Å². The molecule has 0 saturated heterocycles. The van der Waals surface area contributed by atoms with E-state index in [-0.39, 0.29) is 5.82 Å². The van der Waals surface area contributed by atoms with E-state index >= 15 is 0 Å². The smallest absolute Gasteiger partial charge is 0.165 e. The fraction of sp³-hybridized carbons (Fsp3) is 0.192. The average molecular weight is 466 g/mol. The second-order valence-electron chi connectivity index (χ2n) is 7.09. The number of halogens is 1. The third-order valence-corrected chi connectivity index (χ3v) is 6.01. The summed E-state index contributed by atoms with van der Waals surface area (Å²) in [6.45, 7) is 0.471. The van der Waals surface area contributed by atoms with Crippen LogP contribution >= 0.6 is 11.8 Å². The van der Waals surface area contributed by atoms with Gasteiger partial charge in [0.2, 0.25) is 0 Å². The Balaban J connectivity index is 1.34. The van der Waals surface area contributed by atoms with Crippen molar-refractivity contribution in [1.82, 2.24) is 4.98 Å². The predicted molar refractivity (Wildman–Crippen MR) is 129 cm³/mol. The Bertz CT molecular complexity index is 1220. The molecule has 5 nitrogen and oxygen atoms in total. The molecular formula is C26H24FNO4S. The molecule has 0 amide bonds. The molecule has 0 aliphatic heterocycles. The number of methoxy groups -OCH3 is 2. The molecule has 0 fully saturated rings. The molecule has 0 radical (unpaired) electrons. The molecule has 0 aliphatic carbocycles. The van der Waals surface area contributed by atoms with Crippen LogP contribution in [0.25, 0.3) is 10.9 Å². The minimum Gasteiger partial charge on any atom is -0.493 e. The van der Waals surface area contributed by atoms with E-state index in [1.165, 1.54) is 6.07 Å². The first-order valence-electron chi connectivity index (χ1n) is 10.5. The van der Waals surface area contributed by atoms with Crippen LogP contribution in [0.4, 0.5) is 4.39 Å². The van der Waals surface area contributed by atoms with Crippen molar-refractivity contribution in [2.24, 2.45) is 0 Å². The summed E-state index contributed by atoms with van der Waals surface area (Å²) in [6, 6.07) is 19.9. The van der Waals surface area contributed by atoms with Crippen LogP contribution in [0.3, 0.4) is 0 Å². The highest BCUT2D eigenvalue weighted by molar-refractivity contribution is 7.99. The minimum atomic E-state index is -0.333. The van der Waals surface area contributed by atoms with Crippen LogP contribution in [0.1, 0.15) is 6.42 Å². The summed E-state index contributed by atoms with van der Waals surface area (Å²) in [5, 5.41) is 0.837. The lowest BCUT2D eigenvalue weighted by Gasteiger charge is -2.12. The zero-order chi connectivity index (χ0) is 23.0. The van der Waals surface area contributed by atoms with Crippen molar-refractivity contribution in [3.63, 3.8) is 0 Å². The monoisotopic (exact) mass is 465 g/mol. The standard InChI is InChI=1S/C26H24FNO4S/c1-29-25-16-20-22(17-26(25)30-2)28-13-12-23(20)32-18-8-10-19(11-9-18)33-15-5-14-31-24-7-4-3-6-21(24)27/h3-4,6-13,16-17H,5,14-15H2,1-2H3. The Hall–Kier alpha value is -3.45. The van der Waals surface area contributed by atoms with Crippen LogP contribution in [0, 0.1) is 5.82 Å². The molecule has 0 spiro atoms. The lowest BCUT2D eigenvalue weighted by atomic mass is 10.2. The molecule has 4 rings (SSSR count). The third kappa shape index (κ3) is 5.68. The molecule has 33 heavy (non-hydrogen) atoms. The molecule has 0 aliphatic rings. The summed E-state index contributed by atoms with van der Waals surface area (Å²) < 4.78 is 35.9. The van der Waals surface area contributed by atoms with Crippen LogP contribution in [0.15, 0.2) is 77.8 Å². The summed E-state index contributed by atoms with van der Waals surface area (Å²) in [6.07, 6.45) is 2.52. The topological polar surface area (TPSA) is 49.8 Å². The van der Waals surface area contributed by atoms with Crippen molar-refractivity contribution in [3.05, 3.63) is 78.7 Å². The number of aromatic nitrogens is 1. The normalized spacial score (nSPS) is 10.8. The van der Waals surface area contributed by atoms with Gasteiger partial charge in [0.1, 0.15) is 11.5 Å². The van der Waals surface area contributed by atoms with Crippen molar-refractivity contribution in [2.75, 3.05) is 26.6 Å².